The number of aromatic nitrogens is 3. The van der Waals surface area contributed by atoms with Crippen molar-refractivity contribution in [2.24, 2.45) is 12.0 Å². The Labute approximate surface area is 257 Å². The molecule has 0 spiro atoms. The lowest BCUT2D eigenvalue weighted by Crippen LogP contribution is -2.35. The van der Waals surface area contributed by atoms with Gasteiger partial charge in [-0.3, -0.25) is 14.6 Å². The Kier molecular flexibility index (Phi) is 7.53. The van der Waals surface area contributed by atoms with E-state index in [1.54, 1.807) is 0 Å². The molecule has 2 aliphatic rings. The van der Waals surface area contributed by atoms with Crippen LogP contribution in [0, 0.1) is 6.92 Å². The zero-order valence-electron chi connectivity index (χ0n) is 26.0. The van der Waals surface area contributed by atoms with E-state index < -0.39 is 0 Å². The molecule has 2 aliphatic heterocycles. The number of fused-ring (bicyclic) bond motifs is 3. The van der Waals surface area contributed by atoms with Gasteiger partial charge in [0.05, 0.1) is 46.3 Å². The summed E-state index contributed by atoms with van der Waals surface area (Å²) in [6.45, 7) is 13.3. The largest absolute Gasteiger partial charge is 0.493 e. The average molecular weight is 594 g/mol. The summed E-state index contributed by atoms with van der Waals surface area (Å²) in [6.07, 6.45) is 5.30. The second kappa shape index (κ2) is 11.3. The third-order valence-electron chi connectivity index (χ3n) is 7.80. The third-order valence-corrected chi connectivity index (χ3v) is 7.80. The smallest absolute Gasteiger partial charge is 0.256 e. The van der Waals surface area contributed by atoms with E-state index in [2.05, 4.69) is 54.0 Å². The second-order valence-corrected chi connectivity index (χ2v) is 12.8. The number of aliphatic imine (C=N–C) groups is 1. The molecule has 0 saturated carbocycles. The zero-order chi connectivity index (χ0) is 31.2. The van der Waals surface area contributed by atoms with Crippen molar-refractivity contribution in [1.29, 1.82) is 0 Å². The van der Waals surface area contributed by atoms with Crippen LogP contribution in [0.15, 0.2) is 59.7 Å². The lowest BCUT2D eigenvalue weighted by atomic mass is 10.1. The first-order valence-electron chi connectivity index (χ1n) is 15.0. The summed E-state index contributed by atoms with van der Waals surface area (Å²) >= 11 is 0. The van der Waals surface area contributed by atoms with Gasteiger partial charge in [0.25, 0.3) is 5.91 Å². The highest BCUT2D eigenvalue weighted by Gasteiger charge is 2.33. The first-order valence-corrected chi connectivity index (χ1v) is 15.0. The van der Waals surface area contributed by atoms with Gasteiger partial charge in [0, 0.05) is 49.7 Å². The zero-order valence-corrected chi connectivity index (χ0v) is 26.0. The van der Waals surface area contributed by atoms with Crippen LogP contribution in [0.3, 0.4) is 0 Å². The fraction of sp³-hybridized carbons (Fsp3) is 0.353. The molecule has 1 fully saturated rings. The van der Waals surface area contributed by atoms with Crippen molar-refractivity contribution in [3.05, 3.63) is 65.9 Å². The summed E-state index contributed by atoms with van der Waals surface area (Å²) in [5.41, 5.74) is 7.47. The number of rotatable bonds is 8. The van der Waals surface area contributed by atoms with E-state index in [4.69, 9.17) is 9.72 Å². The summed E-state index contributed by atoms with van der Waals surface area (Å²) in [5, 5.41) is 6.48. The van der Waals surface area contributed by atoms with E-state index in [-0.39, 0.29) is 23.4 Å². The van der Waals surface area contributed by atoms with Crippen LogP contribution in [0.4, 0.5) is 17.1 Å². The van der Waals surface area contributed by atoms with Gasteiger partial charge in [0.2, 0.25) is 5.91 Å². The summed E-state index contributed by atoms with van der Waals surface area (Å²) in [6, 6.07) is 11.6. The van der Waals surface area contributed by atoms with Crippen LogP contribution in [0.25, 0.3) is 22.6 Å². The van der Waals surface area contributed by atoms with Crippen LogP contribution in [-0.4, -0.2) is 62.2 Å². The van der Waals surface area contributed by atoms with Gasteiger partial charge in [-0.05, 0) is 76.4 Å². The van der Waals surface area contributed by atoms with Crippen LogP contribution < -0.4 is 15.4 Å². The number of aromatic amines is 1. The minimum Gasteiger partial charge on any atom is -0.493 e. The van der Waals surface area contributed by atoms with E-state index in [1.807, 2.05) is 66.2 Å². The first-order chi connectivity index (χ1) is 20.9. The number of carbonyl (C=O) groups excluding carboxylic acids is 2. The molecule has 4 aromatic rings. The van der Waals surface area contributed by atoms with Crippen molar-refractivity contribution in [2.75, 3.05) is 23.8 Å². The van der Waals surface area contributed by atoms with Gasteiger partial charge in [-0.2, -0.15) is 0 Å². The predicted molar refractivity (Wildman–Crippen MR) is 175 cm³/mol. The van der Waals surface area contributed by atoms with Crippen molar-refractivity contribution in [3.8, 4) is 17.3 Å². The number of hydrogen-bond donors (Lipinski definition) is 3. The van der Waals surface area contributed by atoms with Gasteiger partial charge in [-0.1, -0.05) is 12.2 Å². The number of benzene rings is 2. The van der Waals surface area contributed by atoms with E-state index in [9.17, 15) is 9.59 Å². The Morgan fingerprint density at radius 3 is 2.80 bits per heavy atom. The van der Waals surface area contributed by atoms with Crippen LogP contribution in [-0.2, 0) is 11.8 Å². The van der Waals surface area contributed by atoms with E-state index in [0.29, 0.717) is 48.7 Å². The van der Waals surface area contributed by atoms with Gasteiger partial charge in [0.1, 0.15) is 5.75 Å². The fourth-order valence-corrected chi connectivity index (χ4v) is 5.76. The van der Waals surface area contributed by atoms with Gasteiger partial charge in [0.15, 0.2) is 5.82 Å². The normalized spacial score (nSPS) is 16.2. The van der Waals surface area contributed by atoms with Crippen molar-refractivity contribution in [3.63, 3.8) is 0 Å². The standard InChI is InChI=1S/C34H39N7O3/c1-20-12-24-17-35-27-16-30(21(2)13-25(27)33(43)41(24)18-20)44-11-7-8-31(42)36-23-15-29(40(6)19-23)32-37-26-10-9-22(14-28(26)38-32)39-34(3,4)5/h9-10,13-17,19,24,39H,1,7-8,11-12,18H2,2-6H3,(H,36,42)(H,37,38). The lowest BCUT2D eigenvalue weighted by molar-refractivity contribution is -0.116. The molecule has 1 unspecified atom stereocenters. The molecule has 44 heavy (non-hydrogen) atoms. The molecule has 1 atom stereocenters. The molecule has 2 aromatic carbocycles. The maximum Gasteiger partial charge on any atom is 0.256 e. The number of hydrogen-bond acceptors (Lipinski definition) is 6. The quantitative estimate of drug-likeness (QED) is 0.162. The monoisotopic (exact) mass is 593 g/mol. The van der Waals surface area contributed by atoms with Crippen molar-refractivity contribution < 1.29 is 14.3 Å². The number of amides is 2. The number of ether oxygens (including phenoxy) is 1. The number of imidazole rings is 1. The minimum atomic E-state index is -0.0933. The van der Waals surface area contributed by atoms with Gasteiger partial charge in [-0.25, -0.2) is 4.98 Å². The first kappa shape index (κ1) is 29.2. The molecular weight excluding hydrogens is 554 g/mol. The molecule has 1 saturated heterocycles. The molecule has 10 nitrogen and oxygen atoms in total. The summed E-state index contributed by atoms with van der Waals surface area (Å²) < 4.78 is 7.97. The molecule has 0 aliphatic carbocycles. The number of aryl methyl sites for hydroxylation is 2. The van der Waals surface area contributed by atoms with Crippen LogP contribution in [0.5, 0.6) is 5.75 Å². The predicted octanol–water partition coefficient (Wildman–Crippen LogP) is 6.37. The van der Waals surface area contributed by atoms with Crippen molar-refractivity contribution in [2.45, 2.75) is 58.5 Å². The molecule has 0 radical (unpaired) electrons. The third kappa shape index (κ3) is 6.10. The Morgan fingerprint density at radius 2 is 2.00 bits per heavy atom. The fourth-order valence-electron chi connectivity index (χ4n) is 5.76. The number of carbonyl (C=O) groups is 2. The second-order valence-electron chi connectivity index (χ2n) is 12.8. The Hall–Kier alpha value is -4.86. The number of H-pyrrole nitrogens is 1. The highest BCUT2D eigenvalue weighted by molar-refractivity contribution is 6.03. The van der Waals surface area contributed by atoms with Gasteiger partial charge >= 0.3 is 0 Å². The molecule has 6 rings (SSSR count). The summed E-state index contributed by atoms with van der Waals surface area (Å²) in [4.78, 5) is 40.5. The maximum absolute atomic E-state index is 13.1. The summed E-state index contributed by atoms with van der Waals surface area (Å²) in [5.74, 6) is 1.28. The molecule has 0 bridgehead atoms. The van der Waals surface area contributed by atoms with Crippen LogP contribution >= 0.6 is 0 Å². The molecule has 228 valence electrons. The van der Waals surface area contributed by atoms with Gasteiger partial charge in [-0.15, -0.1) is 0 Å². The van der Waals surface area contributed by atoms with Crippen LogP contribution in [0.2, 0.25) is 0 Å². The maximum atomic E-state index is 13.1. The van der Waals surface area contributed by atoms with Crippen molar-refractivity contribution >= 4 is 46.1 Å². The molecule has 2 aromatic heterocycles. The average Bonchev–Trinajstić information content (AvgIpc) is 3.63. The minimum absolute atomic E-state index is 0.0283. The molecule has 4 heterocycles. The SMILES string of the molecule is C=C1CC2C=Nc3cc(OCCCC(=O)Nc4cc(-c5nc6ccc(NC(C)(C)C)cc6[nH]5)n(C)c4)c(C)cc3C(=O)N2C1. The number of nitrogens with zero attached hydrogens (tertiary/aromatic N) is 4. The number of anilines is 2. The highest BCUT2D eigenvalue weighted by atomic mass is 16.5. The van der Waals surface area contributed by atoms with E-state index >= 15 is 0 Å². The Bertz CT molecular complexity index is 1810. The highest BCUT2D eigenvalue weighted by Crippen LogP contribution is 2.35. The van der Waals surface area contributed by atoms with Crippen LogP contribution in [0.1, 0.15) is 56.0 Å². The Morgan fingerprint density at radius 1 is 1.18 bits per heavy atom. The topological polar surface area (TPSA) is 117 Å². The lowest BCUT2D eigenvalue weighted by Gasteiger charge is -2.21. The Balaban J connectivity index is 1.04. The molecule has 2 amide bonds. The van der Waals surface area contributed by atoms with E-state index in [1.165, 1.54) is 0 Å². The summed E-state index contributed by atoms with van der Waals surface area (Å²) in [7, 11) is 1.93. The molecule has 3 N–H and O–H groups in total. The van der Waals surface area contributed by atoms with Gasteiger partial charge < -0.3 is 29.8 Å². The molecular formula is C34H39N7O3. The van der Waals surface area contributed by atoms with Crippen molar-refractivity contribution in [1.82, 2.24) is 19.4 Å². The van der Waals surface area contributed by atoms with E-state index in [0.717, 1.165) is 45.8 Å². The molecule has 10 heteroatoms. The number of nitrogens with one attached hydrogen (secondary N) is 3.